The van der Waals surface area contributed by atoms with E-state index in [9.17, 15) is 0 Å². The molecule has 0 unspecified atom stereocenters. The number of ether oxygens (including phenoxy) is 1. The first-order valence-electron chi connectivity index (χ1n) is 6.39. The van der Waals surface area contributed by atoms with E-state index in [1.165, 1.54) is 0 Å². The van der Waals surface area contributed by atoms with E-state index in [-0.39, 0.29) is 0 Å². The van der Waals surface area contributed by atoms with E-state index in [2.05, 4.69) is 30.9 Å². The lowest BCUT2D eigenvalue weighted by Gasteiger charge is -2.19. The molecule has 1 aromatic carbocycles. The van der Waals surface area contributed by atoms with Crippen LogP contribution in [0, 0.1) is 0 Å². The van der Waals surface area contributed by atoms with Crippen molar-refractivity contribution < 1.29 is 4.74 Å². The summed E-state index contributed by atoms with van der Waals surface area (Å²) in [6, 6.07) is 7.57. The maximum Gasteiger partial charge on any atom is 0.121 e. The molecule has 4 nitrogen and oxygen atoms in total. The van der Waals surface area contributed by atoms with Crippen molar-refractivity contribution in [3.8, 4) is 5.75 Å². The second kappa shape index (κ2) is 7.95. The second-order valence-electron chi connectivity index (χ2n) is 4.88. The number of anilines is 1. The molecule has 1 aromatic rings. The Morgan fingerprint density at radius 1 is 1.11 bits per heavy atom. The smallest absolute Gasteiger partial charge is 0.121 e. The van der Waals surface area contributed by atoms with E-state index in [1.807, 2.05) is 24.3 Å². The summed E-state index contributed by atoms with van der Waals surface area (Å²) in [5.74, 6) is 0.853. The Balaban J connectivity index is 2.11. The van der Waals surface area contributed by atoms with Gasteiger partial charge in [-0.05, 0) is 39.7 Å². The SMILES string of the molecule is CN(C)CCN(C)CCCOc1cccc(N)c1. The number of hydrogen-bond donors (Lipinski definition) is 1. The van der Waals surface area contributed by atoms with Crippen molar-refractivity contribution in [2.75, 3.05) is 53.1 Å². The summed E-state index contributed by atoms with van der Waals surface area (Å²) in [5, 5.41) is 0. The molecule has 0 spiro atoms. The summed E-state index contributed by atoms with van der Waals surface area (Å²) < 4.78 is 5.65. The van der Waals surface area contributed by atoms with Crippen LogP contribution in [0.4, 0.5) is 5.69 Å². The van der Waals surface area contributed by atoms with Gasteiger partial charge in [0, 0.05) is 31.4 Å². The number of benzene rings is 1. The van der Waals surface area contributed by atoms with Gasteiger partial charge in [-0.2, -0.15) is 0 Å². The molecule has 0 aromatic heterocycles. The summed E-state index contributed by atoms with van der Waals surface area (Å²) in [5.41, 5.74) is 6.43. The Bertz CT molecular complexity index is 342. The third kappa shape index (κ3) is 6.47. The minimum absolute atomic E-state index is 0.732. The first-order valence-corrected chi connectivity index (χ1v) is 6.39. The highest BCUT2D eigenvalue weighted by molar-refractivity contribution is 5.43. The van der Waals surface area contributed by atoms with Crippen molar-refractivity contribution in [3.63, 3.8) is 0 Å². The second-order valence-corrected chi connectivity index (χ2v) is 4.88. The highest BCUT2D eigenvalue weighted by Gasteiger charge is 2.00. The minimum atomic E-state index is 0.732. The Morgan fingerprint density at radius 2 is 1.89 bits per heavy atom. The van der Waals surface area contributed by atoms with Crippen molar-refractivity contribution in [2.24, 2.45) is 0 Å². The van der Waals surface area contributed by atoms with Gasteiger partial charge in [-0.25, -0.2) is 0 Å². The first kappa shape index (κ1) is 14.8. The van der Waals surface area contributed by atoms with Crippen molar-refractivity contribution in [3.05, 3.63) is 24.3 Å². The van der Waals surface area contributed by atoms with Crippen LogP contribution >= 0.6 is 0 Å². The zero-order chi connectivity index (χ0) is 13.4. The van der Waals surface area contributed by atoms with Crippen LogP contribution in [0.25, 0.3) is 0 Å². The Kier molecular flexibility index (Phi) is 6.54. The van der Waals surface area contributed by atoms with Crippen LogP contribution in [0.1, 0.15) is 6.42 Å². The molecule has 4 heteroatoms. The van der Waals surface area contributed by atoms with Crippen LogP contribution in [0.3, 0.4) is 0 Å². The summed E-state index contributed by atoms with van der Waals surface area (Å²) in [4.78, 5) is 4.52. The summed E-state index contributed by atoms with van der Waals surface area (Å²) in [6.07, 6.45) is 1.03. The molecule has 18 heavy (non-hydrogen) atoms. The summed E-state index contributed by atoms with van der Waals surface area (Å²) in [7, 11) is 6.33. The van der Waals surface area contributed by atoms with Gasteiger partial charge in [0.15, 0.2) is 0 Å². The summed E-state index contributed by atoms with van der Waals surface area (Å²) >= 11 is 0. The molecule has 1 rings (SSSR count). The maximum absolute atomic E-state index is 5.69. The van der Waals surface area contributed by atoms with Gasteiger partial charge < -0.3 is 20.3 Å². The predicted molar refractivity (Wildman–Crippen MR) is 77.0 cm³/mol. The van der Waals surface area contributed by atoms with Crippen LogP contribution in [0.2, 0.25) is 0 Å². The minimum Gasteiger partial charge on any atom is -0.493 e. The van der Waals surface area contributed by atoms with E-state index < -0.39 is 0 Å². The lowest BCUT2D eigenvalue weighted by molar-refractivity contribution is 0.245. The molecule has 0 heterocycles. The van der Waals surface area contributed by atoms with Crippen molar-refractivity contribution in [1.29, 1.82) is 0 Å². The molecule has 0 bridgehead atoms. The van der Waals surface area contributed by atoms with Crippen molar-refractivity contribution in [2.45, 2.75) is 6.42 Å². The lowest BCUT2D eigenvalue weighted by atomic mass is 10.3. The lowest BCUT2D eigenvalue weighted by Crippen LogP contribution is -2.29. The van der Waals surface area contributed by atoms with E-state index in [0.717, 1.165) is 44.1 Å². The average Bonchev–Trinajstić information content (AvgIpc) is 2.32. The molecule has 2 N–H and O–H groups in total. The fourth-order valence-corrected chi connectivity index (χ4v) is 1.61. The van der Waals surface area contributed by atoms with E-state index >= 15 is 0 Å². The van der Waals surface area contributed by atoms with Gasteiger partial charge in [0.1, 0.15) is 5.75 Å². The molecule has 102 valence electrons. The van der Waals surface area contributed by atoms with Gasteiger partial charge in [0.25, 0.3) is 0 Å². The van der Waals surface area contributed by atoms with Gasteiger partial charge in [-0.3, -0.25) is 0 Å². The fraction of sp³-hybridized carbons (Fsp3) is 0.571. The molecule has 0 amide bonds. The zero-order valence-corrected chi connectivity index (χ0v) is 11.7. The van der Waals surface area contributed by atoms with E-state index in [0.29, 0.717) is 0 Å². The predicted octanol–water partition coefficient (Wildman–Crippen LogP) is 1.53. The van der Waals surface area contributed by atoms with Gasteiger partial charge in [0.2, 0.25) is 0 Å². The summed E-state index contributed by atoms with van der Waals surface area (Å²) in [6.45, 7) is 3.96. The fourth-order valence-electron chi connectivity index (χ4n) is 1.61. The molecule has 0 saturated heterocycles. The third-order valence-electron chi connectivity index (χ3n) is 2.74. The Morgan fingerprint density at radius 3 is 2.56 bits per heavy atom. The molecular formula is C14H25N3O. The van der Waals surface area contributed by atoms with Crippen molar-refractivity contribution >= 4 is 5.69 Å². The van der Waals surface area contributed by atoms with Crippen LogP contribution in [0.5, 0.6) is 5.75 Å². The largest absolute Gasteiger partial charge is 0.493 e. The van der Waals surface area contributed by atoms with E-state index in [1.54, 1.807) is 0 Å². The van der Waals surface area contributed by atoms with Crippen molar-refractivity contribution in [1.82, 2.24) is 9.80 Å². The number of nitrogens with two attached hydrogens (primary N) is 1. The van der Waals surface area contributed by atoms with Gasteiger partial charge in [-0.15, -0.1) is 0 Å². The molecule has 0 fully saturated rings. The van der Waals surface area contributed by atoms with E-state index in [4.69, 9.17) is 10.5 Å². The maximum atomic E-state index is 5.69. The standard InChI is InChI=1S/C14H25N3O/c1-16(2)9-10-17(3)8-5-11-18-14-7-4-6-13(15)12-14/h4,6-7,12H,5,8-11,15H2,1-3H3. The van der Waals surface area contributed by atoms with Gasteiger partial charge in [-0.1, -0.05) is 6.07 Å². The number of hydrogen-bond acceptors (Lipinski definition) is 4. The van der Waals surface area contributed by atoms with Crippen LogP contribution in [-0.4, -0.2) is 57.2 Å². The number of rotatable bonds is 8. The molecule has 0 aliphatic rings. The average molecular weight is 251 g/mol. The normalized spacial score (nSPS) is 11.2. The monoisotopic (exact) mass is 251 g/mol. The van der Waals surface area contributed by atoms with Gasteiger partial charge in [0.05, 0.1) is 6.61 Å². The van der Waals surface area contributed by atoms with Crippen LogP contribution < -0.4 is 10.5 Å². The number of likely N-dealkylation sites (N-methyl/N-ethyl adjacent to an activating group) is 2. The molecule has 0 aliphatic heterocycles. The van der Waals surface area contributed by atoms with Gasteiger partial charge >= 0.3 is 0 Å². The third-order valence-corrected chi connectivity index (χ3v) is 2.74. The van der Waals surface area contributed by atoms with Crippen LogP contribution in [0.15, 0.2) is 24.3 Å². The van der Waals surface area contributed by atoms with Crippen LogP contribution in [-0.2, 0) is 0 Å². The Hall–Kier alpha value is -1.26. The first-order chi connectivity index (χ1) is 8.58. The topological polar surface area (TPSA) is 41.7 Å². The molecule has 0 aliphatic carbocycles. The quantitative estimate of drug-likeness (QED) is 0.562. The Labute approximate surface area is 110 Å². The molecule has 0 atom stereocenters. The molecule has 0 saturated carbocycles. The molecular weight excluding hydrogens is 226 g/mol. The highest BCUT2D eigenvalue weighted by Crippen LogP contribution is 2.14. The highest BCUT2D eigenvalue weighted by atomic mass is 16.5. The number of nitrogen functional groups attached to an aromatic ring is 1. The number of nitrogens with zero attached hydrogens (tertiary/aromatic N) is 2. The zero-order valence-electron chi connectivity index (χ0n) is 11.7. The molecule has 0 radical (unpaired) electrons.